The molecule has 0 saturated heterocycles. The van der Waals surface area contributed by atoms with Crippen LogP contribution in [0.4, 0.5) is 0 Å². The zero-order chi connectivity index (χ0) is 33.9. The molecule has 0 fully saturated rings. The maximum atomic E-state index is 14.5. The predicted octanol–water partition coefficient (Wildman–Crippen LogP) is 6.51. The first kappa shape index (κ1) is 32.0. The van der Waals surface area contributed by atoms with Crippen molar-refractivity contribution in [1.82, 2.24) is 9.13 Å². The molecule has 8 nitrogen and oxygen atoms in total. The van der Waals surface area contributed by atoms with Gasteiger partial charge in [0.15, 0.2) is 10.6 Å². The quantitative estimate of drug-likeness (QED) is 0.183. The van der Waals surface area contributed by atoms with Crippen molar-refractivity contribution in [3.63, 3.8) is 0 Å². The van der Waals surface area contributed by atoms with Gasteiger partial charge in [-0.2, -0.15) is 0 Å². The van der Waals surface area contributed by atoms with E-state index in [1.54, 1.807) is 23.0 Å². The van der Waals surface area contributed by atoms with E-state index in [9.17, 15) is 14.4 Å². The molecule has 1 unspecified atom stereocenters. The van der Waals surface area contributed by atoms with Crippen LogP contribution >= 0.6 is 22.7 Å². The second kappa shape index (κ2) is 12.5. The Kier molecular flexibility index (Phi) is 8.33. The topological polar surface area (TPSA) is 91.9 Å². The van der Waals surface area contributed by atoms with Crippen LogP contribution in [0.15, 0.2) is 63.5 Å². The number of rotatable bonds is 7. The number of Topliss-reactive ketones (excluding diaryl/α,β-unsaturated/α-hetero) is 1. The lowest BCUT2D eigenvalue weighted by molar-refractivity contribution is -0.114. The minimum atomic E-state index is -0.709. The highest BCUT2D eigenvalue weighted by molar-refractivity contribution is 7.15. The van der Waals surface area contributed by atoms with E-state index >= 15 is 0 Å². The first-order valence-corrected chi connectivity index (χ1v) is 17.9. The Morgan fingerprint density at radius 1 is 1.06 bits per heavy atom. The Morgan fingerprint density at radius 3 is 2.58 bits per heavy atom. The van der Waals surface area contributed by atoms with Gasteiger partial charge in [-0.25, -0.2) is 9.79 Å². The van der Waals surface area contributed by atoms with E-state index in [0.717, 1.165) is 69.5 Å². The standard InChI is InChI=1S/C38H37N3O5S2/c1-7-46-37(44)33-27-14-10-11-15-29(27)47-36(33)40-20(2)18-25(22(40)4)19-30-35(43)41-34(31(23(5)42)21(3)39-38(41)48-30)32-26-13-9-8-12-24(26)16-17-28(32)45-6/h8-9,12-13,16-19,34H,7,10-11,14-15H2,1-6H3. The van der Waals surface area contributed by atoms with Crippen LogP contribution in [0.2, 0.25) is 0 Å². The maximum absolute atomic E-state index is 14.5. The van der Waals surface area contributed by atoms with Crippen LogP contribution in [0.1, 0.15) is 83.0 Å². The Morgan fingerprint density at radius 2 is 1.83 bits per heavy atom. The molecule has 0 bridgehead atoms. The molecule has 2 aromatic carbocycles. The number of aromatic nitrogens is 2. The van der Waals surface area contributed by atoms with Crippen LogP contribution in [0.3, 0.4) is 0 Å². The number of allylic oxidation sites excluding steroid dienone is 2. The number of methoxy groups -OCH3 is 1. The summed E-state index contributed by atoms with van der Waals surface area (Å²) in [7, 11) is 1.61. The number of carbonyl (C=O) groups excluding carboxylic acids is 2. The molecule has 0 saturated carbocycles. The molecular weight excluding hydrogens is 643 g/mol. The van der Waals surface area contributed by atoms with Gasteiger partial charge in [0, 0.05) is 33.1 Å². The van der Waals surface area contributed by atoms with Crippen molar-refractivity contribution in [2.24, 2.45) is 4.99 Å². The van der Waals surface area contributed by atoms with Crippen molar-refractivity contribution in [1.29, 1.82) is 0 Å². The molecule has 1 aliphatic heterocycles. The molecule has 0 spiro atoms. The van der Waals surface area contributed by atoms with Crippen LogP contribution in [-0.4, -0.2) is 34.6 Å². The zero-order valence-corrected chi connectivity index (χ0v) is 29.6. The van der Waals surface area contributed by atoms with Gasteiger partial charge in [-0.05, 0) is 100 Å². The smallest absolute Gasteiger partial charge is 0.341 e. The molecule has 10 heteroatoms. The van der Waals surface area contributed by atoms with Crippen molar-refractivity contribution in [3.8, 4) is 10.8 Å². The zero-order valence-electron chi connectivity index (χ0n) is 27.9. The third kappa shape index (κ3) is 5.09. The highest BCUT2D eigenvalue weighted by atomic mass is 32.1. The number of benzene rings is 2. The lowest BCUT2D eigenvalue weighted by Crippen LogP contribution is -2.39. The Labute approximate surface area is 286 Å². The summed E-state index contributed by atoms with van der Waals surface area (Å²) in [6.07, 6.45) is 5.91. The molecule has 0 N–H and O–H groups in total. The summed E-state index contributed by atoms with van der Waals surface area (Å²) in [5, 5.41) is 2.77. The SMILES string of the molecule is CCOC(=O)c1c(-n2c(C)cc(C=c3sc4n(c3=O)C(c3c(OC)ccc5ccccc35)C(C(C)=O)=C(C)N=4)c2C)sc2c1CCCC2. The van der Waals surface area contributed by atoms with Crippen molar-refractivity contribution in [3.05, 3.63) is 112 Å². The molecule has 246 valence electrons. The summed E-state index contributed by atoms with van der Waals surface area (Å²) < 4.78 is 15.7. The molecule has 7 rings (SSSR count). The summed E-state index contributed by atoms with van der Waals surface area (Å²) in [4.78, 5) is 47.6. The van der Waals surface area contributed by atoms with Gasteiger partial charge in [-0.15, -0.1) is 11.3 Å². The van der Waals surface area contributed by atoms with Crippen LogP contribution in [0.25, 0.3) is 21.8 Å². The number of aryl methyl sites for hydroxylation is 2. The highest BCUT2D eigenvalue weighted by Crippen LogP contribution is 2.41. The lowest BCUT2D eigenvalue weighted by Gasteiger charge is -2.27. The number of carbonyl (C=O) groups is 2. The minimum absolute atomic E-state index is 0.148. The van der Waals surface area contributed by atoms with Gasteiger partial charge in [0.1, 0.15) is 10.8 Å². The van der Waals surface area contributed by atoms with E-state index in [4.69, 9.17) is 14.5 Å². The summed E-state index contributed by atoms with van der Waals surface area (Å²) in [6, 6.07) is 13.1. The predicted molar refractivity (Wildman–Crippen MR) is 191 cm³/mol. The first-order valence-electron chi connectivity index (χ1n) is 16.2. The monoisotopic (exact) mass is 679 g/mol. The normalized spacial score (nSPS) is 16.1. The fourth-order valence-corrected chi connectivity index (χ4v) is 9.81. The van der Waals surface area contributed by atoms with E-state index in [0.29, 0.717) is 38.5 Å². The van der Waals surface area contributed by atoms with Gasteiger partial charge >= 0.3 is 5.97 Å². The van der Waals surface area contributed by atoms with E-state index in [1.165, 1.54) is 23.1 Å². The average Bonchev–Trinajstić information content (AvgIpc) is 3.69. The molecule has 5 aromatic rings. The molecule has 3 aromatic heterocycles. The van der Waals surface area contributed by atoms with Crippen LogP contribution in [0, 0.1) is 13.8 Å². The van der Waals surface area contributed by atoms with Gasteiger partial charge in [0.25, 0.3) is 5.56 Å². The maximum Gasteiger partial charge on any atom is 0.341 e. The number of ether oxygens (including phenoxy) is 2. The van der Waals surface area contributed by atoms with Crippen molar-refractivity contribution < 1.29 is 19.1 Å². The molecule has 0 amide bonds. The summed E-state index contributed by atoms with van der Waals surface area (Å²) >= 11 is 2.98. The number of hydrogen-bond acceptors (Lipinski definition) is 8. The van der Waals surface area contributed by atoms with Gasteiger partial charge in [0.2, 0.25) is 0 Å². The second-order valence-corrected chi connectivity index (χ2v) is 14.4. The minimum Gasteiger partial charge on any atom is -0.496 e. The number of thiazole rings is 1. The van der Waals surface area contributed by atoms with Crippen LogP contribution < -0.4 is 19.6 Å². The van der Waals surface area contributed by atoms with Crippen molar-refractivity contribution in [2.75, 3.05) is 13.7 Å². The summed E-state index contributed by atoms with van der Waals surface area (Å²) in [6.45, 7) is 9.54. The number of esters is 1. The van der Waals surface area contributed by atoms with E-state index in [-0.39, 0.29) is 17.3 Å². The second-order valence-electron chi connectivity index (χ2n) is 12.3. The highest BCUT2D eigenvalue weighted by Gasteiger charge is 2.34. The molecule has 1 aliphatic carbocycles. The molecule has 1 atom stereocenters. The molecular formula is C38H37N3O5S2. The van der Waals surface area contributed by atoms with Gasteiger partial charge in [0.05, 0.1) is 29.9 Å². The fourth-order valence-electron chi connectivity index (χ4n) is 7.29. The van der Waals surface area contributed by atoms with E-state index in [2.05, 4.69) is 10.6 Å². The Balaban J connectivity index is 1.43. The van der Waals surface area contributed by atoms with E-state index in [1.807, 2.05) is 70.2 Å². The molecule has 0 radical (unpaired) electrons. The molecule has 2 aliphatic rings. The fraction of sp³-hybridized carbons (Fsp3) is 0.316. The van der Waals surface area contributed by atoms with Gasteiger partial charge in [-0.3, -0.25) is 14.2 Å². The lowest BCUT2D eigenvalue weighted by atomic mass is 9.89. The number of fused-ring (bicyclic) bond motifs is 3. The third-order valence-electron chi connectivity index (χ3n) is 9.42. The number of nitrogens with zero attached hydrogens (tertiary/aromatic N) is 3. The number of thiophene rings is 1. The largest absolute Gasteiger partial charge is 0.496 e. The van der Waals surface area contributed by atoms with Crippen LogP contribution in [-0.2, 0) is 22.4 Å². The van der Waals surface area contributed by atoms with Gasteiger partial charge in [-0.1, -0.05) is 41.7 Å². The Bertz CT molecular complexity index is 2370. The third-order valence-corrected chi connectivity index (χ3v) is 11.7. The average molecular weight is 680 g/mol. The van der Waals surface area contributed by atoms with Crippen molar-refractivity contribution >= 4 is 51.3 Å². The number of ketones is 1. The molecule has 4 heterocycles. The molecule has 48 heavy (non-hydrogen) atoms. The van der Waals surface area contributed by atoms with E-state index < -0.39 is 6.04 Å². The number of hydrogen-bond donors (Lipinski definition) is 0. The summed E-state index contributed by atoms with van der Waals surface area (Å²) in [5.74, 6) is 0.168. The first-order chi connectivity index (χ1) is 23.1. The summed E-state index contributed by atoms with van der Waals surface area (Å²) in [5.41, 5.74) is 6.13. The van der Waals surface area contributed by atoms with Crippen molar-refractivity contribution in [2.45, 2.75) is 66.3 Å². The van der Waals surface area contributed by atoms with Crippen LogP contribution in [0.5, 0.6) is 5.75 Å². The van der Waals surface area contributed by atoms with Gasteiger partial charge < -0.3 is 14.0 Å². The Hall–Kier alpha value is -4.54.